The van der Waals surface area contributed by atoms with Gasteiger partial charge in [-0.05, 0) is 23.5 Å². The molecule has 1 heterocycles. The molecule has 0 aliphatic rings. The zero-order valence-corrected chi connectivity index (χ0v) is 16.4. The van der Waals surface area contributed by atoms with Gasteiger partial charge in [-0.1, -0.05) is 80.9 Å². The topological polar surface area (TPSA) is 8.81 Å². The molecule has 0 saturated carbocycles. The third-order valence-electron chi connectivity index (χ3n) is 5.30. The van der Waals surface area contributed by atoms with Crippen molar-refractivity contribution in [2.45, 2.75) is 52.0 Å². The summed E-state index contributed by atoms with van der Waals surface area (Å²) in [6.07, 6.45) is 6.89. The van der Waals surface area contributed by atoms with Crippen LogP contribution in [0.25, 0.3) is 0 Å². The first-order valence-electron chi connectivity index (χ1n) is 9.84. The molecule has 26 heavy (non-hydrogen) atoms. The summed E-state index contributed by atoms with van der Waals surface area (Å²) >= 11 is 0. The highest BCUT2D eigenvalue weighted by molar-refractivity contribution is 5.21. The molecular formula is C24H31N2+. The number of aryl methyl sites for hydroxylation is 1. The predicted octanol–water partition coefficient (Wildman–Crippen LogP) is 5.05. The standard InChI is InChI=1S/C24H31N2/c1-4-5-16-26-19-23(17-20(2)22-14-10-7-11-15-22)25(3)24(26)18-21-12-8-6-9-13-21/h6-15,19-20H,4-5,16-18H2,1-3H3/q+1. The summed E-state index contributed by atoms with van der Waals surface area (Å²) in [5, 5.41) is 0. The van der Waals surface area contributed by atoms with Crippen LogP contribution in [-0.2, 0) is 26.4 Å². The molecule has 3 aromatic rings. The van der Waals surface area contributed by atoms with Gasteiger partial charge in [-0.2, -0.15) is 0 Å². The maximum absolute atomic E-state index is 2.48. The van der Waals surface area contributed by atoms with Crippen molar-refractivity contribution in [3.63, 3.8) is 0 Å². The lowest BCUT2D eigenvalue weighted by atomic mass is 9.96. The molecule has 0 aliphatic carbocycles. The molecule has 2 aromatic carbocycles. The number of hydrogen-bond acceptors (Lipinski definition) is 0. The molecule has 2 heteroatoms. The highest BCUT2D eigenvalue weighted by Crippen LogP contribution is 2.20. The number of rotatable bonds is 8. The number of benzene rings is 2. The van der Waals surface area contributed by atoms with Gasteiger partial charge in [-0.15, -0.1) is 0 Å². The molecule has 1 unspecified atom stereocenters. The van der Waals surface area contributed by atoms with E-state index in [9.17, 15) is 0 Å². The van der Waals surface area contributed by atoms with Crippen LogP contribution in [0.5, 0.6) is 0 Å². The Kier molecular flexibility index (Phi) is 6.27. The van der Waals surface area contributed by atoms with Gasteiger partial charge in [0, 0.05) is 6.42 Å². The van der Waals surface area contributed by atoms with Crippen LogP contribution in [0.3, 0.4) is 0 Å². The van der Waals surface area contributed by atoms with E-state index in [0.29, 0.717) is 5.92 Å². The number of unbranched alkanes of at least 4 members (excludes halogenated alkanes) is 1. The monoisotopic (exact) mass is 347 g/mol. The molecule has 136 valence electrons. The molecule has 1 atom stereocenters. The van der Waals surface area contributed by atoms with Crippen LogP contribution in [0.4, 0.5) is 0 Å². The van der Waals surface area contributed by atoms with E-state index >= 15 is 0 Å². The van der Waals surface area contributed by atoms with Crippen molar-refractivity contribution in [2.75, 3.05) is 0 Å². The molecule has 1 aromatic heterocycles. The van der Waals surface area contributed by atoms with Crippen molar-refractivity contribution in [3.05, 3.63) is 89.5 Å². The average Bonchev–Trinajstić information content (AvgIpc) is 2.96. The second-order valence-corrected chi connectivity index (χ2v) is 7.32. The zero-order valence-electron chi connectivity index (χ0n) is 16.4. The van der Waals surface area contributed by atoms with Gasteiger partial charge < -0.3 is 0 Å². The zero-order chi connectivity index (χ0) is 18.4. The van der Waals surface area contributed by atoms with Crippen molar-refractivity contribution < 1.29 is 4.57 Å². The first-order valence-corrected chi connectivity index (χ1v) is 9.84. The Morgan fingerprint density at radius 3 is 2.27 bits per heavy atom. The van der Waals surface area contributed by atoms with Crippen LogP contribution in [0.1, 0.15) is 55.3 Å². The molecule has 0 bridgehead atoms. The van der Waals surface area contributed by atoms with E-state index in [2.05, 4.69) is 96.9 Å². The minimum absolute atomic E-state index is 0.522. The SMILES string of the molecule is CCCCn1cc(CC(C)c2ccccc2)[n+](C)c1Cc1ccccc1. The van der Waals surface area contributed by atoms with Crippen molar-refractivity contribution in [1.82, 2.24) is 4.57 Å². The first kappa shape index (κ1) is 18.4. The van der Waals surface area contributed by atoms with E-state index in [1.165, 1.54) is 35.5 Å². The molecule has 0 aliphatic heterocycles. The van der Waals surface area contributed by atoms with E-state index in [4.69, 9.17) is 0 Å². The lowest BCUT2D eigenvalue weighted by Gasteiger charge is -2.09. The lowest BCUT2D eigenvalue weighted by molar-refractivity contribution is -0.685. The summed E-state index contributed by atoms with van der Waals surface area (Å²) < 4.78 is 4.89. The van der Waals surface area contributed by atoms with Crippen LogP contribution in [0.15, 0.2) is 66.9 Å². The van der Waals surface area contributed by atoms with Crippen molar-refractivity contribution in [2.24, 2.45) is 7.05 Å². The fourth-order valence-corrected chi connectivity index (χ4v) is 3.62. The molecule has 0 fully saturated rings. The van der Waals surface area contributed by atoms with Gasteiger partial charge in [0.05, 0.1) is 20.0 Å². The summed E-state index contributed by atoms with van der Waals surface area (Å²) in [5.74, 6) is 1.92. The van der Waals surface area contributed by atoms with Gasteiger partial charge >= 0.3 is 0 Å². The largest absolute Gasteiger partial charge is 0.260 e. The maximum Gasteiger partial charge on any atom is 0.260 e. The maximum atomic E-state index is 2.48. The van der Waals surface area contributed by atoms with Crippen LogP contribution in [0, 0.1) is 0 Å². The Hall–Kier alpha value is -2.35. The fourth-order valence-electron chi connectivity index (χ4n) is 3.62. The molecule has 0 saturated heterocycles. The first-order chi connectivity index (χ1) is 12.7. The average molecular weight is 348 g/mol. The number of imidazole rings is 1. The third kappa shape index (κ3) is 4.43. The van der Waals surface area contributed by atoms with Crippen molar-refractivity contribution in [3.8, 4) is 0 Å². The predicted molar refractivity (Wildman–Crippen MR) is 108 cm³/mol. The van der Waals surface area contributed by atoms with Crippen LogP contribution in [0.2, 0.25) is 0 Å². The Morgan fingerprint density at radius 2 is 1.62 bits per heavy atom. The minimum Gasteiger partial charge on any atom is -0.234 e. The van der Waals surface area contributed by atoms with Crippen LogP contribution < -0.4 is 4.57 Å². The van der Waals surface area contributed by atoms with Crippen molar-refractivity contribution >= 4 is 0 Å². The highest BCUT2D eigenvalue weighted by Gasteiger charge is 2.22. The van der Waals surface area contributed by atoms with Gasteiger partial charge in [0.25, 0.3) is 5.82 Å². The summed E-state index contributed by atoms with van der Waals surface area (Å²) in [7, 11) is 2.23. The van der Waals surface area contributed by atoms with Crippen molar-refractivity contribution in [1.29, 1.82) is 0 Å². The Balaban J connectivity index is 1.86. The second kappa shape index (κ2) is 8.84. The van der Waals surface area contributed by atoms with E-state index in [0.717, 1.165) is 19.4 Å². The van der Waals surface area contributed by atoms with E-state index < -0.39 is 0 Å². The molecule has 2 nitrogen and oxygen atoms in total. The number of nitrogens with zero attached hydrogens (tertiary/aromatic N) is 2. The van der Waals surface area contributed by atoms with Crippen LogP contribution >= 0.6 is 0 Å². The Labute approximate surface area is 158 Å². The highest BCUT2D eigenvalue weighted by atomic mass is 15.1. The molecule has 0 radical (unpaired) electrons. The van der Waals surface area contributed by atoms with E-state index in [1.807, 2.05) is 0 Å². The van der Waals surface area contributed by atoms with Gasteiger partial charge in [0.15, 0.2) is 0 Å². The molecular weight excluding hydrogens is 316 g/mol. The summed E-state index contributed by atoms with van der Waals surface area (Å²) in [6, 6.07) is 21.7. The Bertz CT molecular complexity index is 803. The van der Waals surface area contributed by atoms with E-state index in [-0.39, 0.29) is 0 Å². The smallest absolute Gasteiger partial charge is 0.234 e. The second-order valence-electron chi connectivity index (χ2n) is 7.32. The van der Waals surface area contributed by atoms with Crippen LogP contribution in [-0.4, -0.2) is 4.57 Å². The summed E-state index contributed by atoms with van der Waals surface area (Å²) in [4.78, 5) is 0. The quantitative estimate of drug-likeness (QED) is 0.504. The Morgan fingerprint density at radius 1 is 0.962 bits per heavy atom. The number of aromatic nitrogens is 2. The summed E-state index contributed by atoms with van der Waals surface area (Å²) in [5.41, 5.74) is 4.21. The minimum atomic E-state index is 0.522. The molecule has 0 spiro atoms. The van der Waals surface area contributed by atoms with Gasteiger partial charge in [-0.25, -0.2) is 9.13 Å². The van der Waals surface area contributed by atoms with Gasteiger partial charge in [-0.3, -0.25) is 0 Å². The van der Waals surface area contributed by atoms with E-state index in [1.54, 1.807) is 0 Å². The molecule has 3 rings (SSSR count). The normalized spacial score (nSPS) is 12.3. The fraction of sp³-hybridized carbons (Fsp3) is 0.375. The molecule has 0 N–H and O–H groups in total. The lowest BCUT2D eigenvalue weighted by Crippen LogP contribution is -2.37. The summed E-state index contributed by atoms with van der Waals surface area (Å²) in [6.45, 7) is 5.70. The number of hydrogen-bond donors (Lipinski definition) is 0. The third-order valence-corrected chi connectivity index (χ3v) is 5.30. The van der Waals surface area contributed by atoms with Gasteiger partial charge in [0.2, 0.25) is 0 Å². The van der Waals surface area contributed by atoms with Gasteiger partial charge in [0.1, 0.15) is 11.9 Å². The molecule has 0 amide bonds.